The number of phenols is 2. The van der Waals surface area contributed by atoms with Crippen LogP contribution in [-0.2, 0) is 15.9 Å². The fraction of sp³-hybridized carbons (Fsp3) is 0.421. The standard InChI is InChI=1S/C19H22O5/c1-12-4-2-3-5-13-11-24-17(13)6-7-23-19(22)18-14(8-12)9-15(20)10-16(18)21/h2,4,9-10,13,17,20-21H,1,3,5-8,11H2/b4-2+. The van der Waals surface area contributed by atoms with Crippen LogP contribution in [0.2, 0.25) is 0 Å². The van der Waals surface area contributed by atoms with E-state index < -0.39 is 5.97 Å². The van der Waals surface area contributed by atoms with Crippen LogP contribution >= 0.6 is 0 Å². The molecule has 128 valence electrons. The summed E-state index contributed by atoms with van der Waals surface area (Å²) in [6.45, 7) is 5.00. The van der Waals surface area contributed by atoms with Gasteiger partial charge in [-0.2, -0.15) is 0 Å². The van der Waals surface area contributed by atoms with Gasteiger partial charge in [0.25, 0.3) is 0 Å². The summed E-state index contributed by atoms with van der Waals surface area (Å²) in [5.41, 5.74) is 1.39. The minimum absolute atomic E-state index is 0.0884. The van der Waals surface area contributed by atoms with Crippen LogP contribution in [0.1, 0.15) is 35.2 Å². The third-order valence-corrected chi connectivity index (χ3v) is 4.55. The number of fused-ring (bicyclic) bond motifs is 2. The normalized spacial score (nSPS) is 26.3. The molecular weight excluding hydrogens is 308 g/mol. The molecule has 1 fully saturated rings. The van der Waals surface area contributed by atoms with Crippen molar-refractivity contribution in [3.05, 3.63) is 47.6 Å². The molecule has 2 heterocycles. The summed E-state index contributed by atoms with van der Waals surface area (Å²) in [5, 5.41) is 19.8. The van der Waals surface area contributed by atoms with Crippen molar-refractivity contribution in [2.75, 3.05) is 13.2 Å². The number of rotatable bonds is 0. The average Bonchev–Trinajstić information content (AvgIpc) is 2.48. The van der Waals surface area contributed by atoms with Crippen LogP contribution in [0.4, 0.5) is 0 Å². The van der Waals surface area contributed by atoms with Crippen molar-refractivity contribution < 1.29 is 24.5 Å². The van der Waals surface area contributed by atoms with Crippen LogP contribution in [0.3, 0.4) is 0 Å². The molecule has 2 aliphatic heterocycles. The van der Waals surface area contributed by atoms with Crippen molar-refractivity contribution in [3.63, 3.8) is 0 Å². The predicted molar refractivity (Wildman–Crippen MR) is 89.1 cm³/mol. The van der Waals surface area contributed by atoms with Crippen LogP contribution in [0.5, 0.6) is 11.5 Å². The minimum atomic E-state index is -0.591. The summed E-state index contributed by atoms with van der Waals surface area (Å²) in [6, 6.07) is 2.61. The molecule has 0 radical (unpaired) electrons. The Morgan fingerprint density at radius 3 is 2.79 bits per heavy atom. The van der Waals surface area contributed by atoms with E-state index >= 15 is 0 Å². The van der Waals surface area contributed by atoms with Gasteiger partial charge in [0.15, 0.2) is 0 Å². The second-order valence-corrected chi connectivity index (χ2v) is 6.37. The van der Waals surface area contributed by atoms with Crippen LogP contribution in [0, 0.1) is 5.92 Å². The van der Waals surface area contributed by atoms with Crippen LogP contribution in [0.15, 0.2) is 36.4 Å². The molecule has 2 aliphatic rings. The summed E-state index contributed by atoms with van der Waals surface area (Å²) >= 11 is 0. The zero-order valence-electron chi connectivity index (χ0n) is 13.5. The van der Waals surface area contributed by atoms with E-state index in [9.17, 15) is 15.0 Å². The van der Waals surface area contributed by atoms with Crippen LogP contribution < -0.4 is 0 Å². The number of benzene rings is 1. The Bertz CT molecular complexity index is 677. The SMILES string of the molecule is C=C1/C=C/CCC2COC2CCOC(=O)c2c(O)cc(O)cc2C1. The molecule has 0 spiro atoms. The number of ether oxygens (including phenoxy) is 2. The van der Waals surface area contributed by atoms with E-state index in [4.69, 9.17) is 9.47 Å². The Morgan fingerprint density at radius 2 is 2.04 bits per heavy atom. The Hall–Kier alpha value is -2.27. The Morgan fingerprint density at radius 1 is 1.21 bits per heavy atom. The largest absolute Gasteiger partial charge is 0.508 e. The quantitative estimate of drug-likeness (QED) is 0.715. The molecule has 0 aromatic heterocycles. The lowest BCUT2D eigenvalue weighted by Gasteiger charge is -2.36. The molecule has 0 aliphatic carbocycles. The van der Waals surface area contributed by atoms with Crippen molar-refractivity contribution in [1.29, 1.82) is 0 Å². The molecule has 0 amide bonds. The molecular formula is C19H22O5. The van der Waals surface area contributed by atoms with Crippen LogP contribution in [-0.4, -0.2) is 35.5 Å². The van der Waals surface area contributed by atoms with E-state index in [0.29, 0.717) is 24.3 Å². The number of carbonyl (C=O) groups is 1. The van der Waals surface area contributed by atoms with Crippen molar-refractivity contribution >= 4 is 5.97 Å². The molecule has 2 N–H and O–H groups in total. The maximum Gasteiger partial charge on any atom is 0.342 e. The average molecular weight is 330 g/mol. The van der Waals surface area contributed by atoms with Gasteiger partial charge in [0.1, 0.15) is 17.1 Å². The molecule has 0 bridgehead atoms. The van der Waals surface area contributed by atoms with Crippen molar-refractivity contribution in [1.82, 2.24) is 0 Å². The topological polar surface area (TPSA) is 76.0 Å². The van der Waals surface area contributed by atoms with Crippen molar-refractivity contribution in [2.45, 2.75) is 31.8 Å². The lowest BCUT2D eigenvalue weighted by molar-refractivity contribution is -0.125. The summed E-state index contributed by atoms with van der Waals surface area (Å²) < 4.78 is 10.9. The highest BCUT2D eigenvalue weighted by Crippen LogP contribution is 2.31. The molecule has 5 nitrogen and oxygen atoms in total. The fourth-order valence-electron chi connectivity index (χ4n) is 3.20. The Labute approximate surface area is 141 Å². The van der Waals surface area contributed by atoms with E-state index in [1.807, 2.05) is 6.08 Å². The van der Waals surface area contributed by atoms with Gasteiger partial charge in [0.05, 0.1) is 19.3 Å². The number of aromatic hydroxyl groups is 2. The molecule has 1 saturated heterocycles. The molecule has 1 aromatic rings. The van der Waals surface area contributed by atoms with E-state index in [0.717, 1.165) is 31.1 Å². The first kappa shape index (κ1) is 16.6. The van der Waals surface area contributed by atoms with Gasteiger partial charge in [-0.1, -0.05) is 24.3 Å². The molecule has 2 unspecified atom stereocenters. The first-order valence-corrected chi connectivity index (χ1v) is 8.22. The van der Waals surface area contributed by atoms with Gasteiger partial charge in [-0.25, -0.2) is 4.79 Å². The van der Waals surface area contributed by atoms with E-state index in [1.54, 1.807) is 0 Å². The van der Waals surface area contributed by atoms with Gasteiger partial charge in [-0.05, 0) is 30.9 Å². The number of carbonyl (C=O) groups excluding carboxylic acids is 1. The van der Waals surface area contributed by atoms with Crippen molar-refractivity contribution in [3.8, 4) is 11.5 Å². The fourth-order valence-corrected chi connectivity index (χ4v) is 3.20. The number of hydrogen-bond acceptors (Lipinski definition) is 5. The molecule has 0 saturated carbocycles. The smallest absolute Gasteiger partial charge is 0.342 e. The maximum atomic E-state index is 12.4. The summed E-state index contributed by atoms with van der Waals surface area (Å²) in [4.78, 5) is 12.4. The Kier molecular flexibility index (Phi) is 4.90. The number of allylic oxidation sites excluding steroid dienone is 3. The van der Waals surface area contributed by atoms with Gasteiger partial charge < -0.3 is 19.7 Å². The van der Waals surface area contributed by atoms with E-state index in [2.05, 4.69) is 12.7 Å². The molecule has 1 aromatic carbocycles. The highest BCUT2D eigenvalue weighted by atomic mass is 16.5. The molecule has 24 heavy (non-hydrogen) atoms. The summed E-state index contributed by atoms with van der Waals surface area (Å²) in [7, 11) is 0. The van der Waals surface area contributed by atoms with Gasteiger partial charge in [-0.3, -0.25) is 0 Å². The van der Waals surface area contributed by atoms with Gasteiger partial charge in [0, 0.05) is 18.4 Å². The zero-order chi connectivity index (χ0) is 17.1. The number of hydrogen-bond donors (Lipinski definition) is 2. The number of phenolic OH excluding ortho intramolecular Hbond substituents is 2. The first-order valence-electron chi connectivity index (χ1n) is 8.22. The second kappa shape index (κ2) is 7.09. The van der Waals surface area contributed by atoms with Crippen molar-refractivity contribution in [2.24, 2.45) is 5.92 Å². The number of cyclic esters (lactones) is 1. The minimum Gasteiger partial charge on any atom is -0.508 e. The van der Waals surface area contributed by atoms with E-state index in [-0.39, 0.29) is 29.8 Å². The highest BCUT2D eigenvalue weighted by molar-refractivity contribution is 5.94. The van der Waals surface area contributed by atoms with Gasteiger partial charge in [0.2, 0.25) is 0 Å². The lowest BCUT2D eigenvalue weighted by Crippen LogP contribution is -2.40. The zero-order valence-corrected chi connectivity index (χ0v) is 13.5. The number of esters is 1. The van der Waals surface area contributed by atoms with Crippen LogP contribution in [0.25, 0.3) is 0 Å². The monoisotopic (exact) mass is 330 g/mol. The molecule has 2 atom stereocenters. The van der Waals surface area contributed by atoms with Gasteiger partial charge in [-0.15, -0.1) is 0 Å². The highest BCUT2D eigenvalue weighted by Gasteiger charge is 2.31. The first-order chi connectivity index (χ1) is 11.5. The van der Waals surface area contributed by atoms with Gasteiger partial charge >= 0.3 is 5.97 Å². The lowest BCUT2D eigenvalue weighted by atomic mass is 9.90. The molecule has 5 heteroatoms. The second-order valence-electron chi connectivity index (χ2n) is 6.37. The third-order valence-electron chi connectivity index (χ3n) is 4.55. The molecule has 3 rings (SSSR count). The predicted octanol–water partition coefficient (Wildman–Crippen LogP) is 3.11. The summed E-state index contributed by atoms with van der Waals surface area (Å²) in [5.74, 6) is -0.464. The summed E-state index contributed by atoms with van der Waals surface area (Å²) in [6.07, 6.45) is 7.13. The maximum absolute atomic E-state index is 12.4. The third kappa shape index (κ3) is 3.62. The Balaban J connectivity index is 1.87. The van der Waals surface area contributed by atoms with E-state index in [1.165, 1.54) is 6.07 Å².